The molecule has 2 nitrogen and oxygen atoms in total. The van der Waals surface area contributed by atoms with E-state index in [1.807, 2.05) is 0 Å². The summed E-state index contributed by atoms with van der Waals surface area (Å²) in [4.78, 5) is 0. The van der Waals surface area contributed by atoms with Crippen molar-refractivity contribution in [3.63, 3.8) is 0 Å². The maximum atomic E-state index is 5.37. The molecule has 0 aromatic heterocycles. The zero-order chi connectivity index (χ0) is 18.8. The standard InChI is InChI=1S/C25H27NO/c1-4-18-10-15-23-22(16-18)24(19-11-13-21(27-3)14-12-19)17(2)25(26-23)20-8-6-5-7-9-20/h5-17,24-26H,4H2,1-3H3/t17-,24+,25-/m0/s1. The zero-order valence-corrected chi connectivity index (χ0v) is 16.3. The number of ether oxygens (including phenoxy) is 1. The van der Waals surface area contributed by atoms with Crippen LogP contribution in [0.5, 0.6) is 5.75 Å². The third-order valence-corrected chi connectivity index (χ3v) is 5.86. The Hall–Kier alpha value is -2.74. The minimum atomic E-state index is 0.290. The average molecular weight is 357 g/mol. The predicted octanol–water partition coefficient (Wildman–Crippen LogP) is 6.19. The summed E-state index contributed by atoms with van der Waals surface area (Å²) in [6, 6.07) is 26.6. The first-order valence-corrected chi connectivity index (χ1v) is 9.79. The average Bonchev–Trinajstić information content (AvgIpc) is 2.73. The quantitative estimate of drug-likeness (QED) is 0.601. The number of anilines is 1. The molecular formula is C25H27NO. The summed E-state index contributed by atoms with van der Waals surface area (Å²) < 4.78 is 5.37. The van der Waals surface area contributed by atoms with E-state index < -0.39 is 0 Å². The predicted molar refractivity (Wildman–Crippen MR) is 113 cm³/mol. The summed E-state index contributed by atoms with van der Waals surface area (Å²) in [5, 5.41) is 3.81. The highest BCUT2D eigenvalue weighted by molar-refractivity contribution is 5.61. The Bertz CT molecular complexity index is 901. The fourth-order valence-corrected chi connectivity index (χ4v) is 4.34. The summed E-state index contributed by atoms with van der Waals surface area (Å²) >= 11 is 0. The van der Waals surface area contributed by atoms with Crippen LogP contribution in [0.2, 0.25) is 0 Å². The Morgan fingerprint density at radius 1 is 0.889 bits per heavy atom. The Kier molecular flexibility index (Phi) is 4.89. The van der Waals surface area contributed by atoms with Crippen molar-refractivity contribution in [2.24, 2.45) is 5.92 Å². The molecule has 3 atom stereocenters. The SMILES string of the molecule is CCc1ccc2c(c1)[C@@H](c1ccc(OC)cc1)[C@H](C)[C@@H](c1ccccc1)N2. The van der Waals surface area contributed by atoms with Crippen molar-refractivity contribution < 1.29 is 4.74 Å². The molecule has 0 saturated carbocycles. The van der Waals surface area contributed by atoms with E-state index in [1.54, 1.807) is 7.11 Å². The highest BCUT2D eigenvalue weighted by Crippen LogP contribution is 2.48. The maximum Gasteiger partial charge on any atom is 0.118 e. The number of hydrogen-bond acceptors (Lipinski definition) is 2. The molecule has 3 aromatic rings. The molecule has 0 saturated heterocycles. The molecule has 0 radical (unpaired) electrons. The highest BCUT2D eigenvalue weighted by atomic mass is 16.5. The Morgan fingerprint density at radius 3 is 2.30 bits per heavy atom. The Morgan fingerprint density at radius 2 is 1.63 bits per heavy atom. The molecule has 1 heterocycles. The van der Waals surface area contributed by atoms with Crippen LogP contribution >= 0.6 is 0 Å². The van der Waals surface area contributed by atoms with Crippen LogP contribution in [-0.4, -0.2) is 7.11 Å². The van der Waals surface area contributed by atoms with Gasteiger partial charge in [0.25, 0.3) is 0 Å². The number of nitrogens with one attached hydrogen (secondary N) is 1. The van der Waals surface area contributed by atoms with Crippen LogP contribution in [0.15, 0.2) is 72.8 Å². The van der Waals surface area contributed by atoms with Crippen LogP contribution in [0, 0.1) is 5.92 Å². The molecule has 0 fully saturated rings. The van der Waals surface area contributed by atoms with Gasteiger partial charge in [-0.05, 0) is 52.8 Å². The van der Waals surface area contributed by atoms with Gasteiger partial charge < -0.3 is 10.1 Å². The van der Waals surface area contributed by atoms with Crippen molar-refractivity contribution in [1.82, 2.24) is 0 Å². The summed E-state index contributed by atoms with van der Waals surface area (Å²) in [5.74, 6) is 1.69. The number of aryl methyl sites for hydroxylation is 1. The minimum absolute atomic E-state index is 0.290. The number of benzene rings is 3. The summed E-state index contributed by atoms with van der Waals surface area (Å²) in [6.07, 6.45) is 1.05. The molecule has 0 unspecified atom stereocenters. The third kappa shape index (κ3) is 3.32. The van der Waals surface area contributed by atoms with Gasteiger partial charge in [0, 0.05) is 11.6 Å². The second-order valence-electron chi connectivity index (χ2n) is 7.42. The van der Waals surface area contributed by atoms with E-state index in [1.165, 1.54) is 27.9 Å². The fourth-order valence-electron chi connectivity index (χ4n) is 4.34. The summed E-state index contributed by atoms with van der Waals surface area (Å²) in [6.45, 7) is 4.58. The van der Waals surface area contributed by atoms with E-state index in [2.05, 4.69) is 92.0 Å². The van der Waals surface area contributed by atoms with Gasteiger partial charge in [-0.3, -0.25) is 0 Å². The van der Waals surface area contributed by atoms with Crippen molar-refractivity contribution >= 4 is 5.69 Å². The van der Waals surface area contributed by atoms with Crippen LogP contribution in [-0.2, 0) is 6.42 Å². The van der Waals surface area contributed by atoms with Gasteiger partial charge in [-0.15, -0.1) is 0 Å². The van der Waals surface area contributed by atoms with E-state index in [0.29, 0.717) is 17.9 Å². The van der Waals surface area contributed by atoms with E-state index >= 15 is 0 Å². The molecular weight excluding hydrogens is 330 g/mol. The molecule has 2 heteroatoms. The highest BCUT2D eigenvalue weighted by Gasteiger charge is 2.35. The van der Waals surface area contributed by atoms with E-state index in [-0.39, 0.29) is 0 Å². The summed E-state index contributed by atoms with van der Waals surface area (Å²) in [5.41, 5.74) is 6.73. The van der Waals surface area contributed by atoms with Crippen LogP contribution in [0.1, 0.15) is 48.1 Å². The van der Waals surface area contributed by atoms with Gasteiger partial charge in [-0.25, -0.2) is 0 Å². The normalized spacial score (nSPS) is 21.2. The molecule has 138 valence electrons. The van der Waals surface area contributed by atoms with E-state index in [4.69, 9.17) is 4.74 Å². The van der Waals surface area contributed by atoms with Crippen molar-refractivity contribution in [3.05, 3.63) is 95.1 Å². The monoisotopic (exact) mass is 357 g/mol. The van der Waals surface area contributed by atoms with Gasteiger partial charge in [0.05, 0.1) is 13.2 Å². The largest absolute Gasteiger partial charge is 0.497 e. The molecule has 1 aliphatic heterocycles. The van der Waals surface area contributed by atoms with Crippen molar-refractivity contribution in [2.75, 3.05) is 12.4 Å². The number of methoxy groups -OCH3 is 1. The lowest BCUT2D eigenvalue weighted by molar-refractivity contribution is 0.412. The lowest BCUT2D eigenvalue weighted by Crippen LogP contribution is -2.30. The first-order valence-electron chi connectivity index (χ1n) is 9.79. The van der Waals surface area contributed by atoms with E-state index in [0.717, 1.165) is 12.2 Å². The van der Waals surface area contributed by atoms with Crippen LogP contribution in [0.4, 0.5) is 5.69 Å². The van der Waals surface area contributed by atoms with Crippen molar-refractivity contribution in [2.45, 2.75) is 32.2 Å². The first kappa shape index (κ1) is 17.7. The topological polar surface area (TPSA) is 21.3 Å². The number of hydrogen-bond donors (Lipinski definition) is 1. The molecule has 0 bridgehead atoms. The van der Waals surface area contributed by atoms with Crippen molar-refractivity contribution in [1.29, 1.82) is 0 Å². The minimum Gasteiger partial charge on any atom is -0.497 e. The molecule has 0 aliphatic carbocycles. The molecule has 4 rings (SSSR count). The maximum absolute atomic E-state index is 5.37. The molecule has 1 N–H and O–H groups in total. The fraction of sp³-hybridized carbons (Fsp3) is 0.280. The van der Waals surface area contributed by atoms with Crippen LogP contribution in [0.3, 0.4) is 0 Å². The second-order valence-corrected chi connectivity index (χ2v) is 7.42. The lowest BCUT2D eigenvalue weighted by atomic mass is 9.72. The Balaban J connectivity index is 1.82. The van der Waals surface area contributed by atoms with Crippen molar-refractivity contribution in [3.8, 4) is 5.75 Å². The number of rotatable bonds is 4. The molecule has 3 aromatic carbocycles. The zero-order valence-electron chi connectivity index (χ0n) is 16.3. The van der Waals surface area contributed by atoms with Gasteiger partial charge in [0.15, 0.2) is 0 Å². The van der Waals surface area contributed by atoms with Gasteiger partial charge in [-0.1, -0.05) is 68.4 Å². The second kappa shape index (κ2) is 7.48. The molecule has 0 spiro atoms. The lowest BCUT2D eigenvalue weighted by Gasteiger charge is -2.40. The van der Waals surface area contributed by atoms with E-state index in [9.17, 15) is 0 Å². The van der Waals surface area contributed by atoms with Gasteiger partial charge in [0.2, 0.25) is 0 Å². The van der Waals surface area contributed by atoms with Crippen LogP contribution in [0.25, 0.3) is 0 Å². The van der Waals surface area contributed by atoms with Crippen LogP contribution < -0.4 is 10.1 Å². The summed E-state index contributed by atoms with van der Waals surface area (Å²) in [7, 11) is 1.72. The van der Waals surface area contributed by atoms with Gasteiger partial charge >= 0.3 is 0 Å². The first-order chi connectivity index (χ1) is 13.2. The third-order valence-electron chi connectivity index (χ3n) is 5.86. The number of fused-ring (bicyclic) bond motifs is 1. The molecule has 0 amide bonds. The smallest absolute Gasteiger partial charge is 0.118 e. The molecule has 27 heavy (non-hydrogen) atoms. The van der Waals surface area contributed by atoms with Gasteiger partial charge in [0.1, 0.15) is 5.75 Å². The molecule has 1 aliphatic rings. The Labute approximate surface area is 162 Å². The van der Waals surface area contributed by atoms with Gasteiger partial charge in [-0.2, -0.15) is 0 Å².